The largest absolute Gasteiger partial charge is 0.503 e. The smallest absolute Gasteiger partial charge is 0.269 e. The molecule has 3 N–H and O–H groups in total. The third-order valence-corrected chi connectivity index (χ3v) is 6.10. The number of rotatable bonds is 8. The molecule has 36 heavy (non-hydrogen) atoms. The minimum absolute atomic E-state index is 0.00382. The van der Waals surface area contributed by atoms with Crippen LogP contribution in [0, 0.1) is 10.1 Å². The molecular weight excluding hydrogens is 532 g/mol. The quantitative estimate of drug-likeness (QED) is 0.200. The number of hydrogen-bond donors (Lipinski definition) is 3. The second-order valence-electron chi connectivity index (χ2n) is 8.04. The number of nitro benzene ring substituents is 1. The third-order valence-electron chi connectivity index (χ3n) is 5.50. The van der Waals surface area contributed by atoms with Crippen LogP contribution in [-0.2, 0) is 0 Å². The zero-order valence-corrected chi connectivity index (χ0v) is 21.1. The summed E-state index contributed by atoms with van der Waals surface area (Å²) in [6.07, 6.45) is 5.98. The summed E-state index contributed by atoms with van der Waals surface area (Å²) in [6.45, 7) is 1.68. The lowest BCUT2D eigenvalue weighted by atomic mass is 10.2. The Morgan fingerprint density at radius 1 is 1.11 bits per heavy atom. The van der Waals surface area contributed by atoms with Crippen LogP contribution >= 0.6 is 15.9 Å². The van der Waals surface area contributed by atoms with E-state index in [1.54, 1.807) is 30.5 Å². The molecule has 1 saturated heterocycles. The van der Waals surface area contributed by atoms with E-state index in [0.29, 0.717) is 27.4 Å². The Morgan fingerprint density at radius 2 is 1.81 bits per heavy atom. The average Bonchev–Trinajstić information content (AvgIpc) is 3.16. The molecule has 13 heteroatoms. The average molecular weight is 557 g/mol. The van der Waals surface area contributed by atoms with E-state index in [9.17, 15) is 15.2 Å². The molecule has 2 heterocycles. The number of nitrogens with zero attached hydrogens (tertiary/aromatic N) is 6. The van der Waals surface area contributed by atoms with Crippen molar-refractivity contribution in [1.82, 2.24) is 15.0 Å². The van der Waals surface area contributed by atoms with Crippen molar-refractivity contribution in [3.05, 3.63) is 56.5 Å². The lowest BCUT2D eigenvalue weighted by Crippen LogP contribution is -2.26. The van der Waals surface area contributed by atoms with Gasteiger partial charge in [0.1, 0.15) is 0 Å². The highest BCUT2D eigenvalue weighted by Crippen LogP contribution is 2.34. The minimum atomic E-state index is -0.452. The number of nitrogens with one attached hydrogen (secondary N) is 2. The Balaban J connectivity index is 1.58. The van der Waals surface area contributed by atoms with Crippen LogP contribution in [0.3, 0.4) is 0 Å². The minimum Gasteiger partial charge on any atom is -0.503 e. The number of benzene rings is 2. The van der Waals surface area contributed by atoms with Gasteiger partial charge in [-0.2, -0.15) is 20.1 Å². The van der Waals surface area contributed by atoms with Gasteiger partial charge in [-0.3, -0.25) is 10.1 Å². The predicted octanol–water partition coefficient (Wildman–Crippen LogP) is 4.83. The van der Waals surface area contributed by atoms with Gasteiger partial charge in [-0.05, 0) is 58.6 Å². The molecule has 1 fully saturated rings. The Kier molecular flexibility index (Phi) is 8.10. The maximum Gasteiger partial charge on any atom is 0.269 e. The van der Waals surface area contributed by atoms with E-state index in [1.165, 1.54) is 19.2 Å². The van der Waals surface area contributed by atoms with E-state index in [2.05, 4.69) is 51.6 Å². The van der Waals surface area contributed by atoms with Crippen LogP contribution in [0.1, 0.15) is 31.2 Å². The molecule has 12 nitrogen and oxygen atoms in total. The zero-order chi connectivity index (χ0) is 25.5. The molecule has 1 aliphatic rings. The second-order valence-corrected chi connectivity index (χ2v) is 8.89. The first-order valence-corrected chi connectivity index (χ1v) is 12.1. The van der Waals surface area contributed by atoms with Crippen molar-refractivity contribution in [2.24, 2.45) is 5.10 Å². The molecule has 0 bridgehead atoms. The molecule has 0 amide bonds. The number of phenolic OH excluding ortho intramolecular Hbond substituents is 1. The highest BCUT2D eigenvalue weighted by Gasteiger charge is 2.16. The van der Waals surface area contributed by atoms with Gasteiger partial charge in [0.25, 0.3) is 5.69 Å². The van der Waals surface area contributed by atoms with Gasteiger partial charge in [0.15, 0.2) is 11.5 Å². The van der Waals surface area contributed by atoms with Gasteiger partial charge in [-0.25, -0.2) is 5.43 Å². The first-order chi connectivity index (χ1) is 17.4. The summed E-state index contributed by atoms with van der Waals surface area (Å²) in [4.78, 5) is 26.1. The van der Waals surface area contributed by atoms with E-state index in [1.807, 2.05) is 0 Å². The number of nitro groups is 1. The zero-order valence-electron chi connectivity index (χ0n) is 19.5. The predicted molar refractivity (Wildman–Crippen MR) is 140 cm³/mol. The van der Waals surface area contributed by atoms with Gasteiger partial charge < -0.3 is 20.1 Å². The molecule has 3 aromatic rings. The van der Waals surface area contributed by atoms with Crippen molar-refractivity contribution in [2.75, 3.05) is 35.8 Å². The summed E-state index contributed by atoms with van der Waals surface area (Å²) in [5.74, 6) is 1.34. The molecule has 1 aromatic heterocycles. The molecule has 0 radical (unpaired) electrons. The van der Waals surface area contributed by atoms with E-state index in [0.717, 1.165) is 38.8 Å². The van der Waals surface area contributed by atoms with E-state index in [-0.39, 0.29) is 23.3 Å². The summed E-state index contributed by atoms with van der Waals surface area (Å²) in [5.41, 5.74) is 4.12. The summed E-state index contributed by atoms with van der Waals surface area (Å²) in [6, 6.07) is 9.34. The maximum atomic E-state index is 10.9. The summed E-state index contributed by atoms with van der Waals surface area (Å²) < 4.78 is 5.64. The number of non-ortho nitro benzene ring substituents is 1. The SMILES string of the molecule is COc1cc(/C=N/Nc2nc(Nc3ccc([N+](=O)[O-])cc3)nc(N3CCCCCC3)n2)cc(Br)c1O. The third kappa shape index (κ3) is 6.36. The molecule has 1 aliphatic heterocycles. The molecular formula is C23H25BrN8O4. The van der Waals surface area contributed by atoms with Gasteiger partial charge in [0.05, 0.1) is 22.7 Å². The number of hydrazone groups is 1. The molecule has 4 rings (SSSR count). The van der Waals surface area contributed by atoms with Crippen LogP contribution in [-0.4, -0.2) is 51.4 Å². The number of methoxy groups -OCH3 is 1. The monoisotopic (exact) mass is 556 g/mol. The van der Waals surface area contributed by atoms with Gasteiger partial charge in [-0.1, -0.05) is 12.8 Å². The highest BCUT2D eigenvalue weighted by atomic mass is 79.9. The molecule has 188 valence electrons. The highest BCUT2D eigenvalue weighted by molar-refractivity contribution is 9.10. The Labute approximate surface area is 215 Å². The van der Waals surface area contributed by atoms with E-state index in [4.69, 9.17) is 4.74 Å². The number of anilines is 4. The number of phenols is 1. The van der Waals surface area contributed by atoms with Gasteiger partial charge >= 0.3 is 0 Å². The van der Waals surface area contributed by atoms with Crippen molar-refractivity contribution in [1.29, 1.82) is 0 Å². The van der Waals surface area contributed by atoms with E-state index >= 15 is 0 Å². The summed E-state index contributed by atoms with van der Waals surface area (Å²) in [7, 11) is 1.47. The lowest BCUT2D eigenvalue weighted by Gasteiger charge is -2.21. The second kappa shape index (κ2) is 11.6. The van der Waals surface area contributed by atoms with Crippen LogP contribution in [0.2, 0.25) is 0 Å². The van der Waals surface area contributed by atoms with Crippen LogP contribution in [0.15, 0.2) is 46.0 Å². The number of aromatic nitrogens is 3. The Morgan fingerprint density at radius 3 is 2.47 bits per heavy atom. The van der Waals surface area contributed by atoms with Crippen LogP contribution in [0.4, 0.5) is 29.2 Å². The van der Waals surface area contributed by atoms with Crippen LogP contribution in [0.25, 0.3) is 0 Å². The fraction of sp³-hybridized carbons (Fsp3) is 0.304. The van der Waals surface area contributed by atoms with Crippen LogP contribution < -0.4 is 20.4 Å². The van der Waals surface area contributed by atoms with Gasteiger partial charge in [0.2, 0.25) is 17.8 Å². The van der Waals surface area contributed by atoms with Crippen molar-refractivity contribution >= 4 is 51.4 Å². The maximum absolute atomic E-state index is 10.9. The molecule has 0 spiro atoms. The van der Waals surface area contributed by atoms with Crippen molar-refractivity contribution in [3.8, 4) is 11.5 Å². The lowest BCUT2D eigenvalue weighted by molar-refractivity contribution is -0.384. The van der Waals surface area contributed by atoms with Crippen molar-refractivity contribution in [2.45, 2.75) is 25.7 Å². The number of halogens is 1. The number of aromatic hydroxyl groups is 1. The first kappa shape index (κ1) is 25.1. The van der Waals surface area contributed by atoms with E-state index < -0.39 is 4.92 Å². The van der Waals surface area contributed by atoms with Crippen molar-refractivity contribution in [3.63, 3.8) is 0 Å². The topological polar surface area (TPSA) is 151 Å². The molecule has 0 saturated carbocycles. The van der Waals surface area contributed by atoms with Gasteiger partial charge in [-0.15, -0.1) is 0 Å². The molecule has 0 aliphatic carbocycles. The fourth-order valence-electron chi connectivity index (χ4n) is 3.67. The summed E-state index contributed by atoms with van der Waals surface area (Å²) >= 11 is 3.29. The molecule has 2 aromatic carbocycles. The number of hydrogen-bond acceptors (Lipinski definition) is 11. The standard InChI is InChI=1S/C23H25BrN8O4/c1-36-19-13-15(12-18(24)20(19)33)14-25-30-22-27-21(26-16-6-8-17(9-7-16)32(34)35)28-23(29-22)31-10-4-2-3-5-11-31/h6-9,12-14,33H,2-5,10-11H2,1H3,(H2,26,27,28,29,30)/b25-14+. The van der Waals surface area contributed by atoms with Gasteiger partial charge in [0, 0.05) is 30.9 Å². The Hall–Kier alpha value is -4.00. The normalized spacial score (nSPS) is 13.9. The summed E-state index contributed by atoms with van der Waals surface area (Å²) in [5, 5.41) is 28.3. The Bertz CT molecular complexity index is 1250. The van der Waals surface area contributed by atoms with Crippen molar-refractivity contribution < 1.29 is 14.8 Å². The van der Waals surface area contributed by atoms with Crippen LogP contribution in [0.5, 0.6) is 11.5 Å². The molecule has 0 atom stereocenters. The fourth-order valence-corrected chi connectivity index (χ4v) is 4.13. The molecule has 0 unspecified atom stereocenters. The number of ether oxygens (including phenoxy) is 1. The first-order valence-electron chi connectivity index (χ1n) is 11.3.